The minimum atomic E-state index is -2.34. The third kappa shape index (κ3) is 7.90. The molecule has 1 saturated heterocycles. The van der Waals surface area contributed by atoms with Crippen molar-refractivity contribution < 1.29 is 24.7 Å². The molecule has 0 aromatic rings. The first kappa shape index (κ1) is 21.3. The molecule has 0 unspecified atom stereocenters. The molecule has 6 nitrogen and oxygen atoms in total. The zero-order valence-corrected chi connectivity index (χ0v) is 21.4. The average molecular weight is 426 g/mol. The summed E-state index contributed by atoms with van der Waals surface area (Å²) < 4.78 is 35.7. The summed E-state index contributed by atoms with van der Waals surface area (Å²) >= 11 is 0. The fourth-order valence-corrected chi connectivity index (χ4v) is 27.0. The molecule has 0 atom stereocenters. The van der Waals surface area contributed by atoms with Crippen LogP contribution in [0.3, 0.4) is 0 Å². The molecule has 1 fully saturated rings. The molecule has 1 rings (SSSR count). The van der Waals surface area contributed by atoms with Gasteiger partial charge in [-0.05, 0) is 57.9 Å². The number of rotatable bonds is 6. The van der Waals surface area contributed by atoms with E-state index in [9.17, 15) is 0 Å². The quantitative estimate of drug-likeness (QED) is 0.479. The van der Waals surface area contributed by atoms with Crippen molar-refractivity contribution in [2.75, 3.05) is 0 Å². The fourth-order valence-electron chi connectivity index (χ4n) is 2.79. The van der Waals surface area contributed by atoms with Crippen LogP contribution in [-0.2, 0) is 24.7 Å². The molecule has 0 aliphatic carbocycles. The standard InChI is InChI=1S/C9H25O6Si7/c1-19(2)12-20(3,4)14-22(7,15-21(5,6)13-19)9-8-17-11-18-10-16/h8-9H2,1-7H3. The van der Waals surface area contributed by atoms with Gasteiger partial charge in [-0.1, -0.05) is 0 Å². The summed E-state index contributed by atoms with van der Waals surface area (Å²) in [4.78, 5) is 0. The molecule has 1 aliphatic rings. The zero-order valence-electron chi connectivity index (χ0n) is 14.4. The van der Waals surface area contributed by atoms with E-state index in [1.165, 1.54) is 0 Å². The lowest BCUT2D eigenvalue weighted by molar-refractivity contribution is 0.235. The zero-order chi connectivity index (χ0) is 17.1. The van der Waals surface area contributed by atoms with Gasteiger partial charge in [-0.15, -0.1) is 0 Å². The molecule has 1 heterocycles. The van der Waals surface area contributed by atoms with Crippen LogP contribution in [0, 0.1) is 0 Å². The highest BCUT2D eigenvalue weighted by atomic mass is 28.5. The SMILES string of the molecule is C[Si]1(C)O[Si](C)(C)O[Si](C)(CC[Si]O[Si]O[Si])O[Si](C)(C)O1. The molecule has 0 N–H and O–H groups in total. The largest absolute Gasteiger partial charge is 0.435 e. The Balaban J connectivity index is 2.75. The second kappa shape index (κ2) is 8.10. The molecular weight excluding hydrogens is 401 g/mol. The van der Waals surface area contributed by atoms with E-state index >= 15 is 0 Å². The Morgan fingerprint density at radius 2 is 1.27 bits per heavy atom. The van der Waals surface area contributed by atoms with Crippen LogP contribution in [0.15, 0.2) is 0 Å². The van der Waals surface area contributed by atoms with E-state index in [4.69, 9.17) is 24.7 Å². The highest BCUT2D eigenvalue weighted by molar-refractivity contribution is 6.93. The van der Waals surface area contributed by atoms with E-state index < -0.39 is 34.2 Å². The maximum absolute atomic E-state index is 6.48. The van der Waals surface area contributed by atoms with Gasteiger partial charge < -0.3 is 24.7 Å². The maximum Gasteiger partial charge on any atom is 0.409 e. The van der Waals surface area contributed by atoms with Gasteiger partial charge in [0, 0.05) is 0 Å². The topological polar surface area (TPSA) is 55.4 Å². The molecular formula is C9H25O6Si7. The monoisotopic (exact) mass is 425 g/mol. The van der Waals surface area contributed by atoms with Crippen molar-refractivity contribution in [1.82, 2.24) is 0 Å². The summed E-state index contributed by atoms with van der Waals surface area (Å²) in [5.41, 5.74) is 0. The minimum absolute atomic E-state index is 0.0245. The second-order valence-electron chi connectivity index (χ2n) is 6.67. The molecule has 0 saturated carbocycles. The van der Waals surface area contributed by atoms with Crippen molar-refractivity contribution in [2.24, 2.45) is 0 Å². The summed E-state index contributed by atoms with van der Waals surface area (Å²) in [6.45, 7) is 14.6. The van der Waals surface area contributed by atoms with Crippen LogP contribution >= 0.6 is 0 Å². The molecule has 0 amide bonds. The molecule has 0 spiro atoms. The molecule has 13 heteroatoms. The van der Waals surface area contributed by atoms with Gasteiger partial charge in [0.05, 0.1) is 0 Å². The second-order valence-corrected chi connectivity index (χ2v) is 23.7. The van der Waals surface area contributed by atoms with Crippen molar-refractivity contribution in [2.45, 2.75) is 57.9 Å². The Bertz CT molecular complexity index is 344. The predicted molar refractivity (Wildman–Crippen MR) is 97.5 cm³/mol. The first-order valence-corrected chi connectivity index (χ1v) is 20.5. The Kier molecular flexibility index (Phi) is 7.85. The van der Waals surface area contributed by atoms with Crippen LogP contribution in [0.1, 0.15) is 0 Å². The lowest BCUT2D eigenvalue weighted by Gasteiger charge is -2.47. The predicted octanol–water partition coefficient (Wildman–Crippen LogP) is 1.93. The molecule has 0 bridgehead atoms. The molecule has 22 heavy (non-hydrogen) atoms. The van der Waals surface area contributed by atoms with Gasteiger partial charge in [0.15, 0.2) is 0 Å². The van der Waals surface area contributed by atoms with Gasteiger partial charge in [-0.25, -0.2) is 0 Å². The normalized spacial score (nSPS) is 26.2. The van der Waals surface area contributed by atoms with Crippen LogP contribution in [0.25, 0.3) is 0 Å². The lowest BCUT2D eigenvalue weighted by atomic mass is 10.9. The fraction of sp³-hybridized carbons (Fsp3) is 1.00. The summed E-state index contributed by atoms with van der Waals surface area (Å²) in [7, 11) is -5.72. The third-order valence-corrected chi connectivity index (χ3v) is 21.4. The number of hydrogen-bond donors (Lipinski definition) is 0. The van der Waals surface area contributed by atoms with Crippen LogP contribution in [0.5, 0.6) is 0 Å². The molecule has 7 radical (unpaired) electrons. The van der Waals surface area contributed by atoms with E-state index in [0.717, 1.165) is 12.1 Å². The third-order valence-electron chi connectivity index (χ3n) is 2.74. The van der Waals surface area contributed by atoms with Crippen LogP contribution in [0.2, 0.25) is 57.9 Å². The average Bonchev–Trinajstić information content (AvgIpc) is 2.21. The molecule has 1 aliphatic heterocycles. The van der Waals surface area contributed by atoms with Gasteiger partial charge in [0.1, 0.15) is 0 Å². The first-order chi connectivity index (χ1) is 9.89. The van der Waals surface area contributed by atoms with Gasteiger partial charge in [-0.2, -0.15) is 0 Å². The van der Waals surface area contributed by atoms with Crippen LogP contribution < -0.4 is 0 Å². The highest BCUT2D eigenvalue weighted by Crippen LogP contribution is 2.32. The van der Waals surface area contributed by atoms with Gasteiger partial charge in [0.25, 0.3) is 0 Å². The highest BCUT2D eigenvalue weighted by Gasteiger charge is 2.52. The van der Waals surface area contributed by atoms with Crippen molar-refractivity contribution >= 4 is 64.5 Å². The summed E-state index contributed by atoms with van der Waals surface area (Å²) in [5, 5.41) is 0. The van der Waals surface area contributed by atoms with Crippen LogP contribution in [0.4, 0.5) is 0 Å². The van der Waals surface area contributed by atoms with E-state index in [2.05, 4.69) is 56.3 Å². The molecule has 125 valence electrons. The molecule has 0 aromatic carbocycles. The summed E-state index contributed by atoms with van der Waals surface area (Å²) in [6.07, 6.45) is 0. The van der Waals surface area contributed by atoms with Crippen molar-refractivity contribution in [3.8, 4) is 0 Å². The van der Waals surface area contributed by atoms with Gasteiger partial charge in [0.2, 0.25) is 20.2 Å². The van der Waals surface area contributed by atoms with Gasteiger partial charge >= 0.3 is 44.3 Å². The Morgan fingerprint density at radius 1 is 0.818 bits per heavy atom. The van der Waals surface area contributed by atoms with Crippen LogP contribution in [-0.4, -0.2) is 64.5 Å². The van der Waals surface area contributed by atoms with Crippen molar-refractivity contribution in [3.05, 3.63) is 0 Å². The molecule has 0 aromatic heterocycles. The van der Waals surface area contributed by atoms with E-state index in [0.29, 0.717) is 9.76 Å². The minimum Gasteiger partial charge on any atom is -0.435 e. The first-order valence-electron chi connectivity index (χ1n) is 7.16. The Labute approximate surface area is 147 Å². The van der Waals surface area contributed by atoms with Crippen molar-refractivity contribution in [3.63, 3.8) is 0 Å². The van der Waals surface area contributed by atoms with E-state index in [-0.39, 0.29) is 10.0 Å². The van der Waals surface area contributed by atoms with Gasteiger partial charge in [-0.3, -0.25) is 0 Å². The summed E-state index contributed by atoms with van der Waals surface area (Å²) in [5.74, 6) is 0. The Morgan fingerprint density at radius 3 is 1.73 bits per heavy atom. The van der Waals surface area contributed by atoms with Crippen molar-refractivity contribution in [1.29, 1.82) is 0 Å². The Hall–Kier alpha value is 1.28. The number of hydrogen-bond acceptors (Lipinski definition) is 6. The van der Waals surface area contributed by atoms with E-state index in [1.54, 1.807) is 0 Å². The van der Waals surface area contributed by atoms with E-state index in [1.807, 2.05) is 0 Å². The summed E-state index contributed by atoms with van der Waals surface area (Å²) in [6, 6.07) is 1.78. The smallest absolute Gasteiger partial charge is 0.409 e. The lowest BCUT2D eigenvalue weighted by Crippen LogP contribution is -2.65. The maximum atomic E-state index is 6.48.